The number of hydrogen-bond donors (Lipinski definition) is 0. The number of allylic oxidation sites excluding steroid dienone is 2. The first-order valence-corrected chi connectivity index (χ1v) is 11.0. The molecule has 0 spiro atoms. The first-order valence-electron chi connectivity index (χ1n) is 11.0. The zero-order valence-electron chi connectivity index (χ0n) is 16.9. The molecule has 0 aromatic heterocycles. The molecular formula is C24H31F5. The second-order valence-electron chi connectivity index (χ2n) is 8.78. The summed E-state index contributed by atoms with van der Waals surface area (Å²) >= 11 is 0. The van der Waals surface area contributed by atoms with Crippen LogP contribution >= 0.6 is 0 Å². The molecule has 0 unspecified atom stereocenters. The van der Waals surface area contributed by atoms with E-state index < -0.39 is 17.6 Å². The average Bonchev–Trinajstić information content (AvgIpc) is 2.71. The van der Waals surface area contributed by atoms with Crippen LogP contribution in [-0.2, 0) is 6.18 Å². The SMILES string of the molecule is FCCC/C=C/[C@H]1CC[C@H](C2CCC(c3ccc(C(F)(F)F)c(F)c3)CC2)CC1. The Balaban J connectivity index is 1.46. The van der Waals surface area contributed by atoms with Crippen molar-refractivity contribution in [1.29, 1.82) is 0 Å². The molecule has 1 aromatic rings. The van der Waals surface area contributed by atoms with Gasteiger partial charge in [-0.05, 0) is 106 Å². The Kier molecular flexibility index (Phi) is 7.75. The van der Waals surface area contributed by atoms with Gasteiger partial charge in [0.1, 0.15) is 5.82 Å². The van der Waals surface area contributed by atoms with E-state index in [0.29, 0.717) is 23.8 Å². The largest absolute Gasteiger partial charge is 0.419 e. The maximum Gasteiger partial charge on any atom is 0.419 e. The van der Waals surface area contributed by atoms with Crippen LogP contribution in [0.3, 0.4) is 0 Å². The molecule has 3 rings (SSSR count). The molecule has 2 aliphatic carbocycles. The topological polar surface area (TPSA) is 0 Å². The summed E-state index contributed by atoms with van der Waals surface area (Å²) in [4.78, 5) is 0. The lowest BCUT2D eigenvalue weighted by Crippen LogP contribution is -2.25. The van der Waals surface area contributed by atoms with Gasteiger partial charge in [-0.1, -0.05) is 18.2 Å². The third-order valence-corrected chi connectivity index (χ3v) is 6.94. The predicted molar refractivity (Wildman–Crippen MR) is 106 cm³/mol. The molecule has 1 aromatic carbocycles. The Morgan fingerprint density at radius 3 is 2.07 bits per heavy atom. The van der Waals surface area contributed by atoms with Gasteiger partial charge in [0.15, 0.2) is 0 Å². The molecule has 0 radical (unpaired) electrons. The van der Waals surface area contributed by atoms with E-state index in [4.69, 9.17) is 0 Å². The maximum absolute atomic E-state index is 13.9. The highest BCUT2D eigenvalue weighted by Crippen LogP contribution is 2.44. The summed E-state index contributed by atoms with van der Waals surface area (Å²) in [5.41, 5.74) is -0.471. The molecule has 0 nitrogen and oxygen atoms in total. The fourth-order valence-corrected chi connectivity index (χ4v) is 5.23. The van der Waals surface area contributed by atoms with Gasteiger partial charge >= 0.3 is 6.18 Å². The molecule has 0 saturated heterocycles. The molecule has 0 atom stereocenters. The number of halogens is 5. The predicted octanol–water partition coefficient (Wildman–Crippen LogP) is 8.23. The highest BCUT2D eigenvalue weighted by molar-refractivity contribution is 5.29. The van der Waals surface area contributed by atoms with Gasteiger partial charge in [0.05, 0.1) is 12.2 Å². The minimum absolute atomic E-state index is 0.165. The number of rotatable bonds is 6. The summed E-state index contributed by atoms with van der Waals surface area (Å²) in [6.45, 7) is -0.251. The van der Waals surface area contributed by atoms with E-state index in [0.717, 1.165) is 50.2 Å². The van der Waals surface area contributed by atoms with Crippen molar-refractivity contribution in [2.24, 2.45) is 17.8 Å². The lowest BCUT2D eigenvalue weighted by Gasteiger charge is -2.37. The van der Waals surface area contributed by atoms with Crippen LogP contribution in [-0.4, -0.2) is 6.67 Å². The van der Waals surface area contributed by atoms with Crippen LogP contribution in [0, 0.1) is 23.6 Å². The number of unbranched alkanes of at least 4 members (excludes halogenated alkanes) is 1. The summed E-state index contributed by atoms with van der Waals surface area (Å²) in [6, 6.07) is 3.44. The van der Waals surface area contributed by atoms with E-state index in [1.807, 2.05) is 0 Å². The van der Waals surface area contributed by atoms with E-state index in [1.165, 1.54) is 31.7 Å². The van der Waals surface area contributed by atoms with Crippen LogP contribution in [0.15, 0.2) is 30.4 Å². The molecular weight excluding hydrogens is 383 g/mol. The molecule has 29 heavy (non-hydrogen) atoms. The van der Waals surface area contributed by atoms with Crippen LogP contribution in [0.5, 0.6) is 0 Å². The van der Waals surface area contributed by atoms with Crippen LogP contribution in [0.1, 0.15) is 81.3 Å². The maximum atomic E-state index is 13.9. The van der Waals surface area contributed by atoms with Crippen molar-refractivity contribution in [3.05, 3.63) is 47.3 Å². The van der Waals surface area contributed by atoms with Crippen LogP contribution in [0.4, 0.5) is 22.0 Å². The molecule has 0 heterocycles. The minimum atomic E-state index is -4.64. The summed E-state index contributed by atoms with van der Waals surface area (Å²) in [6.07, 6.45) is 10.0. The molecule has 2 fully saturated rings. The number of alkyl halides is 4. The van der Waals surface area contributed by atoms with Crippen molar-refractivity contribution in [3.8, 4) is 0 Å². The van der Waals surface area contributed by atoms with Crippen LogP contribution < -0.4 is 0 Å². The van der Waals surface area contributed by atoms with Crippen molar-refractivity contribution in [2.45, 2.75) is 76.3 Å². The summed E-state index contributed by atoms with van der Waals surface area (Å²) in [7, 11) is 0. The molecule has 5 heteroatoms. The van der Waals surface area contributed by atoms with E-state index in [1.54, 1.807) is 0 Å². The first-order chi connectivity index (χ1) is 13.9. The van der Waals surface area contributed by atoms with E-state index in [2.05, 4.69) is 12.2 Å². The van der Waals surface area contributed by atoms with Crippen LogP contribution in [0.2, 0.25) is 0 Å². The van der Waals surface area contributed by atoms with Crippen molar-refractivity contribution in [1.82, 2.24) is 0 Å². The molecule has 0 aliphatic heterocycles. The van der Waals surface area contributed by atoms with E-state index in [9.17, 15) is 22.0 Å². The highest BCUT2D eigenvalue weighted by Gasteiger charge is 2.35. The number of hydrogen-bond acceptors (Lipinski definition) is 0. The molecule has 0 bridgehead atoms. The second kappa shape index (κ2) is 10.1. The highest BCUT2D eigenvalue weighted by atomic mass is 19.4. The van der Waals surface area contributed by atoms with Gasteiger partial charge in [0.25, 0.3) is 0 Å². The fourth-order valence-electron chi connectivity index (χ4n) is 5.23. The zero-order valence-corrected chi connectivity index (χ0v) is 16.9. The van der Waals surface area contributed by atoms with Crippen molar-refractivity contribution < 1.29 is 22.0 Å². The lowest BCUT2D eigenvalue weighted by molar-refractivity contribution is -0.140. The molecule has 0 N–H and O–H groups in total. The quantitative estimate of drug-likeness (QED) is 0.250. The van der Waals surface area contributed by atoms with Gasteiger partial charge in [0.2, 0.25) is 0 Å². The molecule has 2 aliphatic rings. The van der Waals surface area contributed by atoms with Gasteiger partial charge in [-0.3, -0.25) is 4.39 Å². The van der Waals surface area contributed by atoms with E-state index >= 15 is 0 Å². The van der Waals surface area contributed by atoms with Crippen molar-refractivity contribution >= 4 is 0 Å². The Bertz CT molecular complexity index is 662. The third-order valence-electron chi connectivity index (χ3n) is 6.94. The zero-order chi connectivity index (χ0) is 20.9. The third kappa shape index (κ3) is 6.05. The van der Waals surface area contributed by atoms with E-state index in [-0.39, 0.29) is 12.6 Å². The minimum Gasteiger partial charge on any atom is -0.251 e. The van der Waals surface area contributed by atoms with Gasteiger partial charge in [0, 0.05) is 0 Å². The Morgan fingerprint density at radius 2 is 1.52 bits per heavy atom. The van der Waals surface area contributed by atoms with Gasteiger partial charge < -0.3 is 0 Å². The molecule has 0 amide bonds. The first kappa shape index (κ1) is 22.3. The Labute approximate surface area is 170 Å². The monoisotopic (exact) mass is 414 g/mol. The normalized spacial score (nSPS) is 28.7. The average molecular weight is 415 g/mol. The smallest absolute Gasteiger partial charge is 0.251 e. The second-order valence-corrected chi connectivity index (χ2v) is 8.78. The van der Waals surface area contributed by atoms with Gasteiger partial charge in [-0.15, -0.1) is 0 Å². The summed E-state index contributed by atoms with van der Waals surface area (Å²) < 4.78 is 64.3. The summed E-state index contributed by atoms with van der Waals surface area (Å²) in [5, 5.41) is 0. The Hall–Kier alpha value is -1.39. The van der Waals surface area contributed by atoms with Crippen molar-refractivity contribution in [3.63, 3.8) is 0 Å². The van der Waals surface area contributed by atoms with Crippen LogP contribution in [0.25, 0.3) is 0 Å². The molecule has 162 valence electrons. The molecule has 2 saturated carbocycles. The number of benzene rings is 1. The lowest BCUT2D eigenvalue weighted by atomic mass is 9.68. The Morgan fingerprint density at radius 1 is 0.897 bits per heavy atom. The van der Waals surface area contributed by atoms with Gasteiger partial charge in [-0.25, -0.2) is 4.39 Å². The standard InChI is InChI=1S/C24H31F5/c25-15-3-1-2-4-17-5-7-18(8-6-17)19-9-11-20(12-10-19)21-13-14-22(23(26)16-21)24(27,28)29/h2,4,13-14,16-20H,1,3,5-12,15H2/b4-2+/t17-,18-,19?,20?. The van der Waals surface area contributed by atoms with Gasteiger partial charge in [-0.2, -0.15) is 13.2 Å². The van der Waals surface area contributed by atoms with Crippen molar-refractivity contribution in [2.75, 3.05) is 6.67 Å². The summed E-state index contributed by atoms with van der Waals surface area (Å²) in [5.74, 6) is 1.04. The fraction of sp³-hybridized carbons (Fsp3) is 0.667.